The van der Waals surface area contributed by atoms with Crippen molar-refractivity contribution >= 4 is 28.9 Å². The average Bonchev–Trinajstić information content (AvgIpc) is 2.26. The van der Waals surface area contributed by atoms with E-state index < -0.39 is 4.92 Å². The van der Waals surface area contributed by atoms with Gasteiger partial charge in [-0.15, -0.1) is 0 Å². The number of nitro benzene ring substituents is 1. The summed E-state index contributed by atoms with van der Waals surface area (Å²) in [6.07, 6.45) is 0.553. The summed E-state index contributed by atoms with van der Waals surface area (Å²) < 4.78 is 0. The van der Waals surface area contributed by atoms with Crippen molar-refractivity contribution in [3.05, 3.63) is 33.3 Å². The lowest BCUT2D eigenvalue weighted by atomic mass is 10.2. The lowest BCUT2D eigenvalue weighted by Gasteiger charge is -2.05. The van der Waals surface area contributed by atoms with E-state index in [4.69, 9.17) is 16.7 Å². The number of carbonyl (C=O) groups is 1. The molecule has 0 aromatic heterocycles. The Morgan fingerprint density at radius 3 is 2.76 bits per heavy atom. The maximum atomic E-state index is 11.3. The maximum Gasteiger partial charge on any atom is 0.288 e. The molecule has 0 aliphatic heterocycles. The van der Waals surface area contributed by atoms with Crippen LogP contribution >= 0.6 is 11.6 Å². The highest BCUT2D eigenvalue weighted by atomic mass is 35.5. The molecule has 0 bridgehead atoms. The molecule has 0 saturated carbocycles. The zero-order valence-electron chi connectivity index (χ0n) is 8.85. The van der Waals surface area contributed by atoms with Gasteiger partial charge in [0.1, 0.15) is 5.02 Å². The van der Waals surface area contributed by atoms with Crippen LogP contribution in [0.25, 0.3) is 0 Å². The van der Waals surface area contributed by atoms with E-state index in [2.05, 4.69) is 5.32 Å². The van der Waals surface area contributed by atoms with E-state index in [0.29, 0.717) is 12.1 Å². The van der Waals surface area contributed by atoms with Crippen LogP contribution in [0.4, 0.5) is 11.4 Å². The SMILES string of the molecule is O=C(CCCO)Nc1ccc([N+](=O)[O-])c(Cl)c1. The van der Waals surface area contributed by atoms with Crippen LogP contribution in [0, 0.1) is 10.1 Å². The van der Waals surface area contributed by atoms with Crippen molar-refractivity contribution in [1.29, 1.82) is 0 Å². The number of nitrogens with one attached hydrogen (secondary N) is 1. The molecule has 2 N–H and O–H groups in total. The van der Waals surface area contributed by atoms with Gasteiger partial charge in [0.2, 0.25) is 5.91 Å². The Kier molecular flexibility index (Phi) is 4.86. The van der Waals surface area contributed by atoms with Gasteiger partial charge in [0.15, 0.2) is 0 Å². The van der Waals surface area contributed by atoms with Crippen LogP contribution < -0.4 is 5.32 Å². The molecule has 1 aromatic carbocycles. The number of amides is 1. The van der Waals surface area contributed by atoms with Gasteiger partial charge in [-0.2, -0.15) is 0 Å². The van der Waals surface area contributed by atoms with Crippen molar-refractivity contribution in [2.75, 3.05) is 11.9 Å². The molecule has 0 atom stereocenters. The third kappa shape index (κ3) is 4.01. The van der Waals surface area contributed by atoms with Gasteiger partial charge in [0.05, 0.1) is 4.92 Å². The molecule has 0 aliphatic rings. The van der Waals surface area contributed by atoms with Crippen LogP contribution in [0.3, 0.4) is 0 Å². The maximum absolute atomic E-state index is 11.3. The van der Waals surface area contributed by atoms with Gasteiger partial charge in [-0.3, -0.25) is 14.9 Å². The molecule has 1 aromatic rings. The van der Waals surface area contributed by atoms with Crippen molar-refractivity contribution in [3.8, 4) is 0 Å². The molecular formula is C10H11ClN2O4. The minimum Gasteiger partial charge on any atom is -0.396 e. The van der Waals surface area contributed by atoms with E-state index in [1.165, 1.54) is 18.2 Å². The third-order valence-corrected chi connectivity index (χ3v) is 2.29. The lowest BCUT2D eigenvalue weighted by molar-refractivity contribution is -0.384. The van der Waals surface area contributed by atoms with Crippen LogP contribution in [0.1, 0.15) is 12.8 Å². The smallest absolute Gasteiger partial charge is 0.288 e. The van der Waals surface area contributed by atoms with Crippen LogP contribution in [0.2, 0.25) is 5.02 Å². The highest BCUT2D eigenvalue weighted by Gasteiger charge is 2.12. The van der Waals surface area contributed by atoms with E-state index >= 15 is 0 Å². The number of hydrogen-bond donors (Lipinski definition) is 2. The molecular weight excluding hydrogens is 248 g/mol. The van der Waals surface area contributed by atoms with Gasteiger partial charge in [-0.05, 0) is 18.6 Å². The van der Waals surface area contributed by atoms with E-state index in [9.17, 15) is 14.9 Å². The number of nitro groups is 1. The zero-order valence-corrected chi connectivity index (χ0v) is 9.61. The summed E-state index contributed by atoms with van der Waals surface area (Å²) in [4.78, 5) is 21.2. The van der Waals surface area contributed by atoms with Crippen LogP contribution in [-0.2, 0) is 4.79 Å². The average molecular weight is 259 g/mol. The Morgan fingerprint density at radius 1 is 1.53 bits per heavy atom. The number of aliphatic hydroxyl groups is 1. The molecule has 17 heavy (non-hydrogen) atoms. The summed E-state index contributed by atoms with van der Waals surface area (Å²) in [5.41, 5.74) is 0.184. The molecule has 0 radical (unpaired) electrons. The Morgan fingerprint density at radius 2 is 2.24 bits per heavy atom. The van der Waals surface area contributed by atoms with Crippen LogP contribution in [-0.4, -0.2) is 22.5 Å². The fraction of sp³-hybridized carbons (Fsp3) is 0.300. The molecule has 0 saturated heterocycles. The normalized spacial score (nSPS) is 10.0. The Balaban J connectivity index is 2.70. The van der Waals surface area contributed by atoms with Gasteiger partial charge in [0.25, 0.3) is 5.69 Å². The van der Waals surface area contributed by atoms with Gasteiger partial charge < -0.3 is 10.4 Å². The second-order valence-electron chi connectivity index (χ2n) is 3.30. The van der Waals surface area contributed by atoms with Crippen molar-refractivity contribution in [2.24, 2.45) is 0 Å². The summed E-state index contributed by atoms with van der Waals surface area (Å²) >= 11 is 5.68. The molecule has 1 amide bonds. The van der Waals surface area contributed by atoms with E-state index in [0.717, 1.165) is 0 Å². The van der Waals surface area contributed by atoms with Crippen molar-refractivity contribution in [2.45, 2.75) is 12.8 Å². The minimum atomic E-state index is -0.598. The number of anilines is 1. The molecule has 0 fully saturated rings. The molecule has 0 spiro atoms. The number of rotatable bonds is 5. The number of aliphatic hydroxyl groups excluding tert-OH is 1. The summed E-state index contributed by atoms with van der Waals surface area (Å²) in [7, 11) is 0. The van der Waals surface area contributed by atoms with E-state index in [1.54, 1.807) is 0 Å². The molecule has 6 nitrogen and oxygen atoms in total. The Bertz CT molecular complexity index is 436. The largest absolute Gasteiger partial charge is 0.396 e. The first-order valence-corrected chi connectivity index (χ1v) is 5.27. The molecule has 0 unspecified atom stereocenters. The number of benzene rings is 1. The summed E-state index contributed by atoms with van der Waals surface area (Å²) in [6, 6.07) is 3.95. The highest BCUT2D eigenvalue weighted by molar-refractivity contribution is 6.33. The summed E-state index contributed by atoms with van der Waals surface area (Å²) in [6.45, 7) is -0.0611. The minimum absolute atomic E-state index is 0.0324. The fourth-order valence-electron chi connectivity index (χ4n) is 1.20. The van der Waals surface area contributed by atoms with Crippen molar-refractivity contribution < 1.29 is 14.8 Å². The molecule has 0 heterocycles. The summed E-state index contributed by atoms with van der Waals surface area (Å²) in [5.74, 6) is -0.274. The monoisotopic (exact) mass is 258 g/mol. The first kappa shape index (κ1) is 13.4. The number of hydrogen-bond acceptors (Lipinski definition) is 4. The number of nitrogens with zero attached hydrogens (tertiary/aromatic N) is 1. The highest BCUT2D eigenvalue weighted by Crippen LogP contribution is 2.27. The van der Waals surface area contributed by atoms with Crippen molar-refractivity contribution in [1.82, 2.24) is 0 Å². The molecule has 0 aliphatic carbocycles. The van der Waals surface area contributed by atoms with Gasteiger partial charge in [-0.25, -0.2) is 0 Å². The Hall–Kier alpha value is -1.66. The van der Waals surface area contributed by atoms with E-state index in [1.807, 2.05) is 0 Å². The topological polar surface area (TPSA) is 92.5 Å². The standard InChI is InChI=1S/C10H11ClN2O4/c11-8-6-7(3-4-9(8)13(16)17)12-10(15)2-1-5-14/h3-4,6,14H,1-2,5H2,(H,12,15). The Labute approximate surface area is 102 Å². The van der Waals surface area contributed by atoms with Gasteiger partial charge >= 0.3 is 0 Å². The molecule has 1 rings (SSSR count). The first-order chi connectivity index (χ1) is 8.04. The quantitative estimate of drug-likeness (QED) is 0.624. The fourth-order valence-corrected chi connectivity index (χ4v) is 1.45. The predicted molar refractivity (Wildman–Crippen MR) is 63.1 cm³/mol. The summed E-state index contributed by atoms with van der Waals surface area (Å²) in [5, 5.41) is 21.5. The van der Waals surface area contributed by atoms with Gasteiger partial charge in [-0.1, -0.05) is 11.6 Å². The van der Waals surface area contributed by atoms with Gasteiger partial charge in [0, 0.05) is 24.8 Å². The second kappa shape index (κ2) is 6.17. The molecule has 92 valence electrons. The van der Waals surface area contributed by atoms with Crippen LogP contribution in [0.5, 0.6) is 0 Å². The second-order valence-corrected chi connectivity index (χ2v) is 3.71. The lowest BCUT2D eigenvalue weighted by Crippen LogP contribution is -2.11. The zero-order chi connectivity index (χ0) is 12.8. The predicted octanol–water partition coefficient (Wildman–Crippen LogP) is 1.96. The third-order valence-electron chi connectivity index (χ3n) is 1.99. The number of carbonyl (C=O) groups excluding carboxylic acids is 1. The van der Waals surface area contributed by atoms with E-state index in [-0.39, 0.29) is 29.6 Å². The van der Waals surface area contributed by atoms with Crippen LogP contribution in [0.15, 0.2) is 18.2 Å². The van der Waals surface area contributed by atoms with Crippen molar-refractivity contribution in [3.63, 3.8) is 0 Å². The molecule has 7 heteroatoms. The number of halogens is 1. The first-order valence-electron chi connectivity index (χ1n) is 4.89.